The highest BCUT2D eigenvalue weighted by Crippen LogP contribution is 2.35. The van der Waals surface area contributed by atoms with Crippen molar-refractivity contribution in [2.24, 2.45) is 0 Å². The predicted octanol–water partition coefficient (Wildman–Crippen LogP) is 2.92. The van der Waals surface area contributed by atoms with E-state index in [0.29, 0.717) is 49.4 Å². The number of benzene rings is 1. The lowest BCUT2D eigenvalue weighted by molar-refractivity contribution is 0.0714. The number of hydrogen-bond acceptors (Lipinski definition) is 8. The zero-order valence-corrected chi connectivity index (χ0v) is 17.4. The largest absolute Gasteiger partial charge is 0.493 e. The van der Waals surface area contributed by atoms with Gasteiger partial charge in [0.25, 0.3) is 5.91 Å². The van der Waals surface area contributed by atoms with Gasteiger partial charge in [-0.3, -0.25) is 4.79 Å². The summed E-state index contributed by atoms with van der Waals surface area (Å²) in [5, 5.41) is 1.80. The number of ether oxygens (including phenoxy) is 2. The molecule has 0 bridgehead atoms. The molecule has 1 aliphatic rings. The third-order valence-electron chi connectivity index (χ3n) is 4.93. The highest BCUT2D eigenvalue weighted by molar-refractivity contribution is 7.98. The number of carbonyl (C=O) groups is 1. The Morgan fingerprint density at radius 3 is 2.45 bits per heavy atom. The Morgan fingerprint density at radius 2 is 1.83 bits per heavy atom. The van der Waals surface area contributed by atoms with Gasteiger partial charge in [-0.25, -0.2) is 9.97 Å². The zero-order valence-electron chi connectivity index (χ0n) is 16.5. The van der Waals surface area contributed by atoms with Crippen LogP contribution in [0.1, 0.15) is 10.6 Å². The smallest absolute Gasteiger partial charge is 0.289 e. The Morgan fingerprint density at radius 1 is 1.10 bits per heavy atom. The van der Waals surface area contributed by atoms with Gasteiger partial charge in [-0.15, -0.1) is 11.8 Å². The van der Waals surface area contributed by atoms with E-state index in [-0.39, 0.29) is 5.91 Å². The first-order chi connectivity index (χ1) is 14.1. The molecule has 0 spiro atoms. The van der Waals surface area contributed by atoms with Crippen molar-refractivity contribution < 1.29 is 18.7 Å². The molecule has 3 heterocycles. The molecular formula is C20H22N4O4S. The third kappa shape index (κ3) is 3.69. The number of carbonyl (C=O) groups excluding carboxylic acids is 1. The van der Waals surface area contributed by atoms with Gasteiger partial charge in [-0.2, -0.15) is 0 Å². The zero-order chi connectivity index (χ0) is 20.4. The quantitative estimate of drug-likeness (QED) is 0.466. The molecule has 4 rings (SSSR count). The second kappa shape index (κ2) is 8.20. The minimum absolute atomic E-state index is 0.0873. The standard InChI is InChI=1S/C20H22N4O4S/c1-26-16-11-13-14(12-17(16)27-2)21-20(22-18(13)29-3)24-8-6-23(7-9-24)19(25)15-5-4-10-28-15/h4-5,10-12H,6-9H2,1-3H3. The number of thioether (sulfide) groups is 1. The fraction of sp³-hybridized carbons (Fsp3) is 0.350. The molecular weight excluding hydrogens is 392 g/mol. The molecule has 0 unspecified atom stereocenters. The van der Waals surface area contributed by atoms with Crippen molar-refractivity contribution >= 4 is 34.5 Å². The SMILES string of the molecule is COc1cc2nc(N3CCN(C(=O)c4ccco4)CC3)nc(SC)c2cc1OC. The van der Waals surface area contributed by atoms with E-state index in [1.807, 2.05) is 18.4 Å². The Hall–Kier alpha value is -2.94. The maximum Gasteiger partial charge on any atom is 0.289 e. The Bertz CT molecular complexity index is 1020. The first-order valence-electron chi connectivity index (χ1n) is 9.20. The van der Waals surface area contributed by atoms with Crippen LogP contribution < -0.4 is 14.4 Å². The van der Waals surface area contributed by atoms with Crippen molar-refractivity contribution in [1.29, 1.82) is 0 Å². The molecule has 0 atom stereocenters. The van der Waals surface area contributed by atoms with Gasteiger partial charge in [0.2, 0.25) is 5.95 Å². The van der Waals surface area contributed by atoms with Crippen molar-refractivity contribution in [1.82, 2.24) is 14.9 Å². The molecule has 0 saturated carbocycles. The molecule has 3 aromatic rings. The van der Waals surface area contributed by atoms with Crippen molar-refractivity contribution in [2.45, 2.75) is 5.03 Å². The fourth-order valence-corrected chi connectivity index (χ4v) is 3.93. The van der Waals surface area contributed by atoms with Gasteiger partial charge < -0.3 is 23.7 Å². The topological polar surface area (TPSA) is 80.9 Å². The number of anilines is 1. The van der Waals surface area contributed by atoms with Crippen LogP contribution in [0.3, 0.4) is 0 Å². The van der Waals surface area contributed by atoms with Crippen LogP contribution in [-0.4, -0.2) is 67.4 Å². The fourth-order valence-electron chi connectivity index (χ4n) is 3.38. The van der Waals surface area contributed by atoms with Crippen molar-refractivity contribution in [3.63, 3.8) is 0 Å². The van der Waals surface area contributed by atoms with Gasteiger partial charge in [-0.1, -0.05) is 0 Å². The number of amides is 1. The van der Waals surface area contributed by atoms with Crippen LogP contribution in [-0.2, 0) is 0 Å². The van der Waals surface area contributed by atoms with Crippen LogP contribution in [0.4, 0.5) is 5.95 Å². The predicted molar refractivity (Wildman–Crippen MR) is 111 cm³/mol. The number of aromatic nitrogens is 2. The van der Waals surface area contributed by atoms with Crippen LogP contribution in [0.5, 0.6) is 11.5 Å². The van der Waals surface area contributed by atoms with Gasteiger partial charge in [0, 0.05) is 37.6 Å². The van der Waals surface area contributed by atoms with Crippen molar-refractivity contribution in [3.05, 3.63) is 36.3 Å². The van der Waals surface area contributed by atoms with Gasteiger partial charge >= 0.3 is 0 Å². The normalized spacial score (nSPS) is 14.3. The van der Waals surface area contributed by atoms with Crippen LogP contribution in [0, 0.1) is 0 Å². The molecule has 1 aliphatic heterocycles. The van der Waals surface area contributed by atoms with Gasteiger partial charge in [0.05, 0.1) is 26.0 Å². The summed E-state index contributed by atoms with van der Waals surface area (Å²) in [6.45, 7) is 2.47. The Kier molecular flexibility index (Phi) is 5.48. The van der Waals surface area contributed by atoms with E-state index in [4.69, 9.17) is 23.9 Å². The first kappa shape index (κ1) is 19.4. The molecule has 0 N–H and O–H groups in total. The Labute approximate surface area is 172 Å². The number of fused-ring (bicyclic) bond motifs is 1. The van der Waals surface area contributed by atoms with Gasteiger partial charge in [0.1, 0.15) is 5.03 Å². The second-order valence-corrected chi connectivity index (χ2v) is 7.31. The molecule has 1 saturated heterocycles. The molecule has 1 amide bonds. The monoisotopic (exact) mass is 414 g/mol. The van der Waals surface area contributed by atoms with Crippen molar-refractivity contribution in [3.8, 4) is 11.5 Å². The van der Waals surface area contributed by atoms with Gasteiger partial charge in [-0.05, 0) is 24.5 Å². The molecule has 8 nitrogen and oxygen atoms in total. The average molecular weight is 414 g/mol. The van der Waals surface area contributed by atoms with Crippen LogP contribution in [0.25, 0.3) is 10.9 Å². The molecule has 1 fully saturated rings. The molecule has 0 radical (unpaired) electrons. The highest BCUT2D eigenvalue weighted by Gasteiger charge is 2.25. The lowest BCUT2D eigenvalue weighted by Crippen LogP contribution is -2.49. The van der Waals surface area contributed by atoms with Crippen molar-refractivity contribution in [2.75, 3.05) is 51.6 Å². The number of piperazine rings is 1. The molecule has 29 heavy (non-hydrogen) atoms. The van der Waals surface area contributed by atoms with E-state index < -0.39 is 0 Å². The number of hydrogen-bond donors (Lipinski definition) is 0. The van der Waals surface area contributed by atoms with E-state index in [0.717, 1.165) is 15.9 Å². The summed E-state index contributed by atoms with van der Waals surface area (Å²) in [6, 6.07) is 7.19. The highest BCUT2D eigenvalue weighted by atomic mass is 32.2. The summed E-state index contributed by atoms with van der Waals surface area (Å²) in [5.74, 6) is 2.21. The van der Waals surface area contributed by atoms with Gasteiger partial charge in [0.15, 0.2) is 17.3 Å². The number of nitrogens with zero attached hydrogens (tertiary/aromatic N) is 4. The summed E-state index contributed by atoms with van der Waals surface area (Å²) in [7, 11) is 3.22. The Balaban J connectivity index is 1.59. The second-order valence-electron chi connectivity index (χ2n) is 6.51. The molecule has 9 heteroatoms. The summed E-state index contributed by atoms with van der Waals surface area (Å²) >= 11 is 1.56. The van der Waals surface area contributed by atoms with E-state index in [1.54, 1.807) is 43.0 Å². The molecule has 0 aliphatic carbocycles. The number of furan rings is 1. The van der Waals surface area contributed by atoms with E-state index in [2.05, 4.69) is 4.90 Å². The minimum Gasteiger partial charge on any atom is -0.493 e. The maximum absolute atomic E-state index is 12.5. The summed E-state index contributed by atoms with van der Waals surface area (Å²) in [6.07, 6.45) is 3.50. The molecule has 2 aromatic heterocycles. The van der Waals surface area contributed by atoms with Crippen LogP contribution >= 0.6 is 11.8 Å². The summed E-state index contributed by atoms with van der Waals surface area (Å²) in [5.41, 5.74) is 0.797. The van der Waals surface area contributed by atoms with Crippen LogP contribution in [0.15, 0.2) is 40.0 Å². The third-order valence-corrected chi connectivity index (χ3v) is 5.63. The molecule has 152 valence electrons. The van der Waals surface area contributed by atoms with E-state index in [9.17, 15) is 4.79 Å². The van der Waals surface area contributed by atoms with Crippen LogP contribution in [0.2, 0.25) is 0 Å². The van der Waals surface area contributed by atoms with E-state index >= 15 is 0 Å². The maximum atomic E-state index is 12.5. The lowest BCUT2D eigenvalue weighted by atomic mass is 10.2. The lowest BCUT2D eigenvalue weighted by Gasteiger charge is -2.34. The van der Waals surface area contributed by atoms with E-state index in [1.165, 1.54) is 6.26 Å². The molecule has 1 aromatic carbocycles. The first-order valence-corrected chi connectivity index (χ1v) is 10.4. The average Bonchev–Trinajstić information content (AvgIpc) is 3.31. The minimum atomic E-state index is -0.0873. The summed E-state index contributed by atoms with van der Waals surface area (Å²) in [4.78, 5) is 25.9. The number of methoxy groups -OCH3 is 2. The summed E-state index contributed by atoms with van der Waals surface area (Å²) < 4.78 is 16.1. The number of rotatable bonds is 5.